The minimum absolute atomic E-state index is 0.455. The number of halogens is 1. The molecule has 2 rings (SSSR count). The lowest BCUT2D eigenvalue weighted by Crippen LogP contribution is -2.10. The Hall–Kier alpha value is 0.0700. The van der Waals surface area contributed by atoms with E-state index in [1.165, 1.54) is 11.5 Å². The van der Waals surface area contributed by atoms with E-state index in [-0.39, 0.29) is 0 Å². The Morgan fingerprint density at radius 1 is 1.50 bits per heavy atom. The van der Waals surface area contributed by atoms with Gasteiger partial charge < -0.3 is 0 Å². The summed E-state index contributed by atoms with van der Waals surface area (Å²) < 4.78 is 0. The largest absolute Gasteiger partial charge is 0.240 e. The number of hydrogen-bond acceptors (Lipinski definition) is 4. The van der Waals surface area contributed by atoms with E-state index >= 15 is 0 Å². The Balaban J connectivity index is 2.13. The zero-order valence-corrected chi connectivity index (χ0v) is 10.0. The quantitative estimate of drug-likeness (QED) is 0.750. The third kappa shape index (κ3) is 2.55. The van der Waals surface area contributed by atoms with Gasteiger partial charge in [-0.15, -0.1) is 23.4 Å². The summed E-state index contributed by atoms with van der Waals surface area (Å²) >= 11 is 9.66. The second kappa shape index (κ2) is 5.24. The van der Waals surface area contributed by atoms with Crippen molar-refractivity contribution in [1.29, 1.82) is 0 Å². The van der Waals surface area contributed by atoms with Crippen LogP contribution in [0.5, 0.6) is 0 Å². The Morgan fingerprint density at radius 2 is 2.43 bits per heavy atom. The van der Waals surface area contributed by atoms with E-state index in [0.717, 1.165) is 17.3 Å². The van der Waals surface area contributed by atoms with Crippen molar-refractivity contribution in [3.05, 3.63) is 23.8 Å². The molecule has 1 aromatic rings. The molecule has 0 bridgehead atoms. The average Bonchev–Trinajstić information content (AvgIpc) is 2.30. The van der Waals surface area contributed by atoms with Crippen LogP contribution in [0.1, 0.15) is 16.8 Å². The Bertz CT molecular complexity index is 303. The molecule has 1 aliphatic heterocycles. The van der Waals surface area contributed by atoms with Crippen molar-refractivity contribution in [2.45, 2.75) is 11.1 Å². The molecule has 1 unspecified atom stereocenters. The maximum absolute atomic E-state index is 5.74. The molecule has 1 aliphatic rings. The summed E-state index contributed by atoms with van der Waals surface area (Å²) in [7, 11) is 0. The zero-order chi connectivity index (χ0) is 9.80. The molecule has 0 aliphatic carbocycles. The lowest BCUT2D eigenvalue weighted by molar-refractivity contribution is 0.899. The van der Waals surface area contributed by atoms with Gasteiger partial charge in [-0.2, -0.15) is 11.8 Å². The maximum atomic E-state index is 5.74. The number of hydrogen-bond donors (Lipinski definition) is 0. The zero-order valence-electron chi connectivity index (χ0n) is 7.65. The van der Waals surface area contributed by atoms with Gasteiger partial charge in [0.1, 0.15) is 5.82 Å². The normalized spacial score (nSPS) is 22.2. The monoisotopic (exact) mass is 246 g/mol. The van der Waals surface area contributed by atoms with Gasteiger partial charge in [-0.3, -0.25) is 0 Å². The lowest BCUT2D eigenvalue weighted by atomic mass is 10.4. The first kappa shape index (κ1) is 10.6. The van der Waals surface area contributed by atoms with Gasteiger partial charge in [-0.1, -0.05) is 0 Å². The van der Waals surface area contributed by atoms with Crippen molar-refractivity contribution in [3.63, 3.8) is 0 Å². The highest BCUT2D eigenvalue weighted by molar-refractivity contribution is 8.06. The third-order valence-electron chi connectivity index (χ3n) is 1.97. The lowest BCUT2D eigenvalue weighted by Gasteiger charge is -2.19. The fourth-order valence-corrected chi connectivity index (χ4v) is 4.04. The van der Waals surface area contributed by atoms with Gasteiger partial charge in [-0.25, -0.2) is 9.97 Å². The van der Waals surface area contributed by atoms with Crippen molar-refractivity contribution in [3.8, 4) is 0 Å². The first-order valence-corrected chi connectivity index (χ1v) is 7.21. The number of nitrogens with zero attached hydrogens (tertiary/aromatic N) is 2. The summed E-state index contributed by atoms with van der Waals surface area (Å²) in [4.78, 5) is 8.74. The molecular formula is C9H11ClN2S2. The van der Waals surface area contributed by atoms with E-state index in [0.29, 0.717) is 11.1 Å². The fourth-order valence-electron chi connectivity index (χ4n) is 1.28. The Labute approximate surface area is 97.2 Å². The molecule has 0 spiro atoms. The summed E-state index contributed by atoms with van der Waals surface area (Å²) in [6.07, 6.45) is 1.81. The van der Waals surface area contributed by atoms with E-state index in [1.807, 2.05) is 29.6 Å². The van der Waals surface area contributed by atoms with Crippen LogP contribution in [0.3, 0.4) is 0 Å². The van der Waals surface area contributed by atoms with Gasteiger partial charge >= 0.3 is 0 Å². The average molecular weight is 247 g/mol. The minimum atomic E-state index is 0.455. The molecule has 1 saturated heterocycles. The first-order chi connectivity index (χ1) is 6.90. The van der Waals surface area contributed by atoms with Gasteiger partial charge in [0.2, 0.25) is 0 Å². The predicted molar refractivity (Wildman–Crippen MR) is 64.1 cm³/mol. The van der Waals surface area contributed by atoms with Crippen molar-refractivity contribution in [2.75, 3.05) is 17.3 Å². The molecule has 0 aromatic carbocycles. The van der Waals surface area contributed by atoms with E-state index in [9.17, 15) is 0 Å². The van der Waals surface area contributed by atoms with Crippen LogP contribution in [0, 0.1) is 0 Å². The summed E-state index contributed by atoms with van der Waals surface area (Å²) in [6.45, 7) is 0. The highest BCUT2D eigenvalue weighted by Crippen LogP contribution is 2.34. The molecule has 1 aromatic heterocycles. The maximum Gasteiger partial charge on any atom is 0.142 e. The van der Waals surface area contributed by atoms with Crippen LogP contribution < -0.4 is 0 Å². The van der Waals surface area contributed by atoms with Crippen LogP contribution in [-0.4, -0.2) is 27.2 Å². The Morgan fingerprint density at radius 3 is 3.14 bits per heavy atom. The summed E-state index contributed by atoms with van der Waals surface area (Å²) in [6, 6.07) is 1.87. The molecule has 0 N–H and O–H groups in total. The molecule has 5 heteroatoms. The molecule has 1 fully saturated rings. The van der Waals surface area contributed by atoms with Crippen LogP contribution >= 0.6 is 35.1 Å². The number of aromatic nitrogens is 2. The number of thioether (sulfide) groups is 2. The van der Waals surface area contributed by atoms with Crippen LogP contribution in [0.2, 0.25) is 0 Å². The molecule has 0 amide bonds. The molecule has 2 nitrogen and oxygen atoms in total. The van der Waals surface area contributed by atoms with Crippen LogP contribution in [-0.2, 0) is 5.88 Å². The fraction of sp³-hybridized carbons (Fsp3) is 0.556. The van der Waals surface area contributed by atoms with Crippen molar-refractivity contribution in [1.82, 2.24) is 9.97 Å². The molecule has 2 heterocycles. The Kier molecular flexibility index (Phi) is 3.96. The van der Waals surface area contributed by atoms with E-state index in [4.69, 9.17) is 11.6 Å². The van der Waals surface area contributed by atoms with Gasteiger partial charge in [0.05, 0.1) is 16.8 Å². The van der Waals surface area contributed by atoms with E-state index in [1.54, 1.807) is 6.20 Å². The molecule has 1 atom stereocenters. The van der Waals surface area contributed by atoms with Crippen LogP contribution in [0.25, 0.3) is 0 Å². The number of rotatable bonds is 2. The predicted octanol–water partition coefficient (Wildman–Crippen LogP) is 2.74. The molecular weight excluding hydrogens is 236 g/mol. The van der Waals surface area contributed by atoms with Crippen molar-refractivity contribution >= 4 is 35.1 Å². The first-order valence-electron chi connectivity index (χ1n) is 4.47. The van der Waals surface area contributed by atoms with Gasteiger partial charge in [0.25, 0.3) is 0 Å². The molecule has 14 heavy (non-hydrogen) atoms. The second-order valence-corrected chi connectivity index (χ2v) is 5.70. The number of alkyl halides is 1. The van der Waals surface area contributed by atoms with E-state index in [2.05, 4.69) is 9.97 Å². The standard InChI is InChI=1S/C9H11ClN2S2/c10-5-7-1-2-11-9(12-7)8-6-13-3-4-14-8/h1-2,8H,3-6H2. The topological polar surface area (TPSA) is 25.8 Å². The highest BCUT2D eigenvalue weighted by Gasteiger charge is 2.18. The second-order valence-electron chi connectivity index (χ2n) is 2.97. The van der Waals surface area contributed by atoms with Crippen molar-refractivity contribution < 1.29 is 0 Å². The summed E-state index contributed by atoms with van der Waals surface area (Å²) in [5.41, 5.74) is 0.924. The van der Waals surface area contributed by atoms with Gasteiger partial charge in [0.15, 0.2) is 0 Å². The van der Waals surface area contributed by atoms with Crippen LogP contribution in [0.4, 0.5) is 0 Å². The van der Waals surface area contributed by atoms with E-state index < -0.39 is 0 Å². The summed E-state index contributed by atoms with van der Waals surface area (Å²) in [5.74, 6) is 4.98. The third-order valence-corrected chi connectivity index (χ3v) is 5.00. The molecule has 0 radical (unpaired) electrons. The van der Waals surface area contributed by atoms with Crippen molar-refractivity contribution in [2.24, 2.45) is 0 Å². The van der Waals surface area contributed by atoms with Gasteiger partial charge in [0, 0.05) is 23.5 Å². The molecule has 0 saturated carbocycles. The van der Waals surface area contributed by atoms with Gasteiger partial charge in [-0.05, 0) is 6.07 Å². The highest BCUT2D eigenvalue weighted by atomic mass is 35.5. The molecule has 76 valence electrons. The van der Waals surface area contributed by atoms with Crippen LogP contribution in [0.15, 0.2) is 12.3 Å². The SMILES string of the molecule is ClCc1ccnc(C2CSCCS2)n1. The summed E-state index contributed by atoms with van der Waals surface area (Å²) in [5, 5.41) is 0.455. The minimum Gasteiger partial charge on any atom is -0.240 e. The smallest absolute Gasteiger partial charge is 0.142 e.